The van der Waals surface area contributed by atoms with Crippen molar-refractivity contribution >= 4 is 0 Å². The van der Waals surface area contributed by atoms with Crippen LogP contribution in [0.4, 0.5) is 4.39 Å². The van der Waals surface area contributed by atoms with Crippen LogP contribution in [0.1, 0.15) is 17.2 Å². The summed E-state index contributed by atoms with van der Waals surface area (Å²) < 4.78 is 18.1. The molecule has 0 spiro atoms. The average Bonchev–Trinajstić information content (AvgIpc) is 2.47. The maximum atomic E-state index is 12.9. The molecule has 1 atom stereocenters. The first-order valence-corrected chi connectivity index (χ1v) is 6.91. The second-order valence-corrected chi connectivity index (χ2v) is 5.21. The van der Waals surface area contributed by atoms with Crippen LogP contribution in [0.15, 0.2) is 48.5 Å². The van der Waals surface area contributed by atoms with E-state index in [2.05, 4.69) is 11.0 Å². The van der Waals surface area contributed by atoms with Gasteiger partial charge in [-0.3, -0.25) is 0 Å². The predicted octanol–water partition coefficient (Wildman–Crippen LogP) is 2.97. The quantitative estimate of drug-likeness (QED) is 0.888. The van der Waals surface area contributed by atoms with Gasteiger partial charge in [0, 0.05) is 19.1 Å². The summed E-state index contributed by atoms with van der Waals surface area (Å²) in [6.45, 7) is 1.48. The van der Waals surface area contributed by atoms with Gasteiger partial charge < -0.3 is 15.4 Å². The molecule has 2 N–H and O–H groups in total. The van der Waals surface area contributed by atoms with Crippen molar-refractivity contribution in [2.24, 2.45) is 5.73 Å². The van der Waals surface area contributed by atoms with Gasteiger partial charge in [0.1, 0.15) is 11.6 Å². The standard InChI is InChI=1S/C17H21FN2O/c1-20(11-13-4-3-5-16(10-13)21-2)12-17(19)14-6-8-15(18)9-7-14/h3-10,17H,11-12,19H2,1-2H3. The molecule has 112 valence electrons. The summed E-state index contributed by atoms with van der Waals surface area (Å²) in [5, 5.41) is 0. The Labute approximate surface area is 125 Å². The number of rotatable bonds is 6. The van der Waals surface area contributed by atoms with Gasteiger partial charge in [-0.05, 0) is 42.4 Å². The molecular formula is C17H21FN2O. The second kappa shape index (κ2) is 7.20. The molecule has 0 aliphatic heterocycles. The normalized spacial score (nSPS) is 12.4. The van der Waals surface area contributed by atoms with Crippen LogP contribution >= 0.6 is 0 Å². The zero-order valence-corrected chi connectivity index (χ0v) is 12.4. The number of nitrogens with zero attached hydrogens (tertiary/aromatic N) is 1. The molecule has 4 heteroatoms. The summed E-state index contributed by atoms with van der Waals surface area (Å²) >= 11 is 0. The topological polar surface area (TPSA) is 38.5 Å². The first-order chi connectivity index (χ1) is 10.1. The molecule has 0 radical (unpaired) electrons. The Morgan fingerprint density at radius 1 is 1.19 bits per heavy atom. The van der Waals surface area contributed by atoms with Crippen molar-refractivity contribution in [1.82, 2.24) is 4.90 Å². The fourth-order valence-corrected chi connectivity index (χ4v) is 2.30. The fourth-order valence-electron chi connectivity index (χ4n) is 2.30. The summed E-state index contributed by atoms with van der Waals surface area (Å²) in [7, 11) is 3.68. The van der Waals surface area contributed by atoms with Gasteiger partial charge in [0.15, 0.2) is 0 Å². The molecule has 3 nitrogen and oxygen atoms in total. The summed E-state index contributed by atoms with van der Waals surface area (Å²) in [4.78, 5) is 2.14. The molecule has 0 aromatic heterocycles. The van der Waals surface area contributed by atoms with E-state index >= 15 is 0 Å². The highest BCUT2D eigenvalue weighted by molar-refractivity contribution is 5.28. The van der Waals surface area contributed by atoms with E-state index in [1.165, 1.54) is 17.7 Å². The van der Waals surface area contributed by atoms with Gasteiger partial charge in [0.05, 0.1) is 7.11 Å². The van der Waals surface area contributed by atoms with E-state index in [1.807, 2.05) is 25.2 Å². The molecule has 0 aliphatic rings. The van der Waals surface area contributed by atoms with Gasteiger partial charge in [0.2, 0.25) is 0 Å². The van der Waals surface area contributed by atoms with Gasteiger partial charge >= 0.3 is 0 Å². The summed E-state index contributed by atoms with van der Waals surface area (Å²) in [5.41, 5.74) is 8.28. The smallest absolute Gasteiger partial charge is 0.123 e. The van der Waals surface area contributed by atoms with E-state index in [9.17, 15) is 4.39 Å². The van der Waals surface area contributed by atoms with Crippen LogP contribution < -0.4 is 10.5 Å². The molecule has 0 saturated heterocycles. The molecular weight excluding hydrogens is 267 g/mol. The lowest BCUT2D eigenvalue weighted by molar-refractivity contribution is 0.304. The van der Waals surface area contributed by atoms with Crippen LogP contribution in [0.25, 0.3) is 0 Å². The lowest BCUT2D eigenvalue weighted by Crippen LogP contribution is -2.28. The Morgan fingerprint density at radius 2 is 1.90 bits per heavy atom. The number of hydrogen-bond donors (Lipinski definition) is 1. The number of likely N-dealkylation sites (N-methyl/N-ethyl adjacent to an activating group) is 1. The van der Waals surface area contributed by atoms with Crippen molar-refractivity contribution in [3.8, 4) is 5.75 Å². The first-order valence-electron chi connectivity index (χ1n) is 6.91. The fraction of sp³-hybridized carbons (Fsp3) is 0.294. The van der Waals surface area contributed by atoms with Crippen molar-refractivity contribution in [3.05, 3.63) is 65.5 Å². The van der Waals surface area contributed by atoms with Crippen LogP contribution in [0.5, 0.6) is 5.75 Å². The van der Waals surface area contributed by atoms with Crippen molar-refractivity contribution in [2.45, 2.75) is 12.6 Å². The lowest BCUT2D eigenvalue weighted by Gasteiger charge is -2.21. The van der Waals surface area contributed by atoms with Gasteiger partial charge in [-0.2, -0.15) is 0 Å². The number of nitrogens with two attached hydrogens (primary N) is 1. The minimum atomic E-state index is -0.240. The molecule has 0 aliphatic carbocycles. The Hall–Kier alpha value is -1.91. The number of hydrogen-bond acceptors (Lipinski definition) is 3. The van der Waals surface area contributed by atoms with Crippen LogP contribution in [0.2, 0.25) is 0 Å². The molecule has 0 heterocycles. The molecule has 2 rings (SSSR count). The second-order valence-electron chi connectivity index (χ2n) is 5.21. The van der Waals surface area contributed by atoms with Crippen LogP contribution in [0.3, 0.4) is 0 Å². The van der Waals surface area contributed by atoms with Crippen LogP contribution in [-0.4, -0.2) is 25.6 Å². The Balaban J connectivity index is 1.94. The third kappa shape index (κ3) is 4.55. The van der Waals surface area contributed by atoms with Gasteiger partial charge in [0.25, 0.3) is 0 Å². The number of ether oxygens (including phenoxy) is 1. The molecule has 1 unspecified atom stereocenters. The van der Waals surface area contributed by atoms with Crippen molar-refractivity contribution in [3.63, 3.8) is 0 Å². The average molecular weight is 288 g/mol. The largest absolute Gasteiger partial charge is 0.497 e. The molecule has 2 aromatic carbocycles. The molecule has 0 saturated carbocycles. The minimum absolute atomic E-state index is 0.138. The zero-order valence-electron chi connectivity index (χ0n) is 12.4. The van der Waals surface area contributed by atoms with Gasteiger partial charge in [-0.15, -0.1) is 0 Å². The number of benzene rings is 2. The molecule has 0 amide bonds. The Bertz CT molecular complexity index is 571. The van der Waals surface area contributed by atoms with E-state index in [-0.39, 0.29) is 11.9 Å². The molecule has 21 heavy (non-hydrogen) atoms. The molecule has 2 aromatic rings. The summed E-state index contributed by atoms with van der Waals surface area (Å²) in [5.74, 6) is 0.611. The van der Waals surface area contributed by atoms with Gasteiger partial charge in [-0.1, -0.05) is 24.3 Å². The maximum absolute atomic E-state index is 12.9. The van der Waals surface area contributed by atoms with E-state index < -0.39 is 0 Å². The van der Waals surface area contributed by atoms with Gasteiger partial charge in [-0.25, -0.2) is 4.39 Å². The van der Waals surface area contributed by atoms with E-state index in [4.69, 9.17) is 10.5 Å². The Morgan fingerprint density at radius 3 is 2.57 bits per heavy atom. The van der Waals surface area contributed by atoms with Crippen molar-refractivity contribution in [2.75, 3.05) is 20.7 Å². The van der Waals surface area contributed by atoms with Crippen molar-refractivity contribution < 1.29 is 9.13 Å². The minimum Gasteiger partial charge on any atom is -0.497 e. The zero-order chi connectivity index (χ0) is 15.2. The summed E-state index contributed by atoms with van der Waals surface area (Å²) in [6.07, 6.45) is 0. The highest BCUT2D eigenvalue weighted by atomic mass is 19.1. The van der Waals surface area contributed by atoms with Crippen LogP contribution in [-0.2, 0) is 6.54 Å². The van der Waals surface area contributed by atoms with E-state index in [1.54, 1.807) is 19.2 Å². The third-order valence-electron chi connectivity index (χ3n) is 3.39. The molecule has 0 bridgehead atoms. The SMILES string of the molecule is COc1cccc(CN(C)CC(N)c2ccc(F)cc2)c1. The Kier molecular flexibility index (Phi) is 5.31. The molecule has 0 fully saturated rings. The van der Waals surface area contributed by atoms with Crippen LogP contribution in [0, 0.1) is 5.82 Å². The monoisotopic (exact) mass is 288 g/mol. The first kappa shape index (κ1) is 15.5. The maximum Gasteiger partial charge on any atom is 0.123 e. The lowest BCUT2D eigenvalue weighted by atomic mass is 10.1. The summed E-state index contributed by atoms with van der Waals surface area (Å²) in [6, 6.07) is 14.2. The van der Waals surface area contributed by atoms with E-state index in [0.29, 0.717) is 6.54 Å². The van der Waals surface area contributed by atoms with Crippen molar-refractivity contribution in [1.29, 1.82) is 0 Å². The highest BCUT2D eigenvalue weighted by Crippen LogP contribution is 2.16. The highest BCUT2D eigenvalue weighted by Gasteiger charge is 2.10. The van der Waals surface area contributed by atoms with E-state index in [0.717, 1.165) is 17.9 Å². The third-order valence-corrected chi connectivity index (χ3v) is 3.39. The predicted molar refractivity (Wildman–Crippen MR) is 82.7 cm³/mol. The number of halogens is 1. The number of methoxy groups -OCH3 is 1.